The molecule has 0 fully saturated rings. The van der Waals surface area contributed by atoms with Crippen molar-refractivity contribution in [2.45, 2.75) is 0 Å². The van der Waals surface area contributed by atoms with Crippen LogP contribution in [0.5, 0.6) is 0 Å². The third-order valence-electron chi connectivity index (χ3n) is 12.1. The van der Waals surface area contributed by atoms with Crippen LogP contribution in [0.25, 0.3) is 98.8 Å². The fourth-order valence-corrected chi connectivity index (χ4v) is 9.08. The molecule has 0 N–H and O–H groups in total. The number of para-hydroxylation sites is 2. The average Bonchev–Trinajstić information content (AvgIpc) is 3.76. The first-order chi connectivity index (χ1) is 32.4. The highest BCUT2D eigenvalue weighted by Crippen LogP contribution is 2.46. The molecule has 0 amide bonds. The molecule has 0 unspecified atom stereocenters. The zero-order chi connectivity index (χ0) is 44.5. The van der Waals surface area contributed by atoms with Crippen molar-refractivity contribution >= 4 is 71.3 Å². The second-order valence-corrected chi connectivity index (χ2v) is 15.7. The normalized spacial score (nSPS) is 12.5. The van der Waals surface area contributed by atoms with Gasteiger partial charge < -0.3 is 9.32 Å². The summed E-state index contributed by atoms with van der Waals surface area (Å²) in [6.07, 6.45) is 0. The van der Waals surface area contributed by atoms with Gasteiger partial charge in [-0.15, -0.1) is 0 Å². The molecule has 0 saturated heterocycles. The molecular weight excluding hydrogens is 751 g/mol. The summed E-state index contributed by atoms with van der Waals surface area (Å²) < 4.78 is 45.3. The van der Waals surface area contributed by atoms with E-state index in [4.69, 9.17) is 4.42 Å². The fourth-order valence-electron chi connectivity index (χ4n) is 9.08. The van der Waals surface area contributed by atoms with Crippen LogP contribution in [0.15, 0.2) is 241 Å². The Balaban J connectivity index is 1.05. The Hall–Kier alpha value is -8.20. The summed E-state index contributed by atoms with van der Waals surface area (Å²) in [7, 11) is 0. The second kappa shape index (κ2) is 14.8. The summed E-state index contributed by atoms with van der Waals surface area (Å²) in [4.78, 5) is 1.90. The standard InChI is InChI=1S/C60H39NO/c1-2-14-46-38-47(29-26-40(46)12-1)43-32-36-49(37-33-43)61(48-34-30-42(31-35-48)41-24-27-45(28-25-41)51-21-11-15-44-13-3-4-16-50(44)51)58-22-9-7-18-53(58)56-39-57-54-19-8-10-23-59(54)62-60(57)55-20-6-5-17-52(55)56/h1-39H/i30D,31D,34D,35D. The molecule has 0 spiro atoms. The number of rotatable bonds is 7. The molecule has 0 aliphatic heterocycles. The molecule has 62 heavy (non-hydrogen) atoms. The highest BCUT2D eigenvalue weighted by atomic mass is 16.3. The van der Waals surface area contributed by atoms with E-state index in [1.54, 1.807) is 0 Å². The lowest BCUT2D eigenvalue weighted by Crippen LogP contribution is -2.11. The molecular formula is C60H39NO. The Morgan fingerprint density at radius 1 is 0.323 bits per heavy atom. The van der Waals surface area contributed by atoms with Gasteiger partial charge in [0.15, 0.2) is 0 Å². The quantitative estimate of drug-likeness (QED) is 0.160. The molecule has 12 rings (SSSR count). The van der Waals surface area contributed by atoms with E-state index in [1.165, 1.54) is 5.39 Å². The van der Waals surface area contributed by atoms with Crippen molar-refractivity contribution in [1.29, 1.82) is 0 Å². The molecule has 0 radical (unpaired) electrons. The van der Waals surface area contributed by atoms with Crippen LogP contribution in [-0.2, 0) is 0 Å². The zero-order valence-corrected chi connectivity index (χ0v) is 33.6. The van der Waals surface area contributed by atoms with E-state index >= 15 is 0 Å². The van der Waals surface area contributed by atoms with Crippen LogP contribution in [-0.4, -0.2) is 0 Å². The van der Waals surface area contributed by atoms with E-state index in [-0.39, 0.29) is 35.4 Å². The van der Waals surface area contributed by atoms with Gasteiger partial charge in [0.1, 0.15) is 11.2 Å². The van der Waals surface area contributed by atoms with Crippen LogP contribution >= 0.6 is 0 Å². The highest BCUT2D eigenvalue weighted by Gasteiger charge is 2.21. The number of hydrogen-bond donors (Lipinski definition) is 0. The minimum absolute atomic E-state index is 0.115. The molecule has 12 aromatic rings. The van der Waals surface area contributed by atoms with Gasteiger partial charge in [-0.1, -0.05) is 188 Å². The van der Waals surface area contributed by atoms with Crippen LogP contribution in [0.1, 0.15) is 5.48 Å². The Bertz CT molecular complexity index is 3840. The van der Waals surface area contributed by atoms with E-state index in [0.29, 0.717) is 16.9 Å². The summed E-state index contributed by atoms with van der Waals surface area (Å²) in [5.74, 6) is 0. The Labute approximate surface area is 365 Å². The lowest BCUT2D eigenvalue weighted by molar-refractivity contribution is 0.672. The van der Waals surface area contributed by atoms with Crippen molar-refractivity contribution in [1.82, 2.24) is 0 Å². The second-order valence-electron chi connectivity index (χ2n) is 15.7. The lowest BCUT2D eigenvalue weighted by Gasteiger charge is -2.28. The predicted molar refractivity (Wildman–Crippen MR) is 263 cm³/mol. The maximum absolute atomic E-state index is 9.81. The van der Waals surface area contributed by atoms with Crippen molar-refractivity contribution in [2.24, 2.45) is 0 Å². The Morgan fingerprint density at radius 3 is 1.73 bits per heavy atom. The van der Waals surface area contributed by atoms with Crippen molar-refractivity contribution in [3.63, 3.8) is 0 Å². The summed E-state index contributed by atoms with van der Waals surface area (Å²) >= 11 is 0. The van der Waals surface area contributed by atoms with Gasteiger partial charge in [-0.25, -0.2) is 0 Å². The monoisotopic (exact) mass is 793 g/mol. The number of benzene rings is 11. The first kappa shape index (κ1) is 31.7. The lowest BCUT2D eigenvalue weighted by atomic mass is 9.93. The number of hydrogen-bond acceptors (Lipinski definition) is 2. The van der Waals surface area contributed by atoms with E-state index in [1.807, 2.05) is 120 Å². The third kappa shape index (κ3) is 6.12. The SMILES string of the molecule is [2H]c1c([2H])c(N(c2ccc(-c3ccc4ccccc4c3)cc2)c2ccccc2-c2cc3c4ccccc4oc3c3ccccc23)c([2H])c([2H])c1-c1ccc(-c2cccc3ccccc23)cc1. The smallest absolute Gasteiger partial charge is 0.143 e. The number of anilines is 3. The highest BCUT2D eigenvalue weighted by molar-refractivity contribution is 6.20. The number of fused-ring (bicyclic) bond motifs is 7. The summed E-state index contributed by atoms with van der Waals surface area (Å²) in [5, 5.41) is 8.56. The molecule has 0 bridgehead atoms. The van der Waals surface area contributed by atoms with Crippen LogP contribution in [0.4, 0.5) is 17.1 Å². The van der Waals surface area contributed by atoms with Gasteiger partial charge in [0.25, 0.3) is 0 Å². The summed E-state index contributed by atoms with van der Waals surface area (Å²) in [6, 6.07) is 71.3. The summed E-state index contributed by atoms with van der Waals surface area (Å²) in [6.45, 7) is 0. The maximum atomic E-state index is 9.81. The third-order valence-corrected chi connectivity index (χ3v) is 12.1. The van der Waals surface area contributed by atoms with Crippen molar-refractivity contribution in [3.8, 4) is 44.5 Å². The predicted octanol–water partition coefficient (Wildman–Crippen LogP) is 17.2. The zero-order valence-electron chi connectivity index (χ0n) is 37.6. The first-order valence-electron chi connectivity index (χ1n) is 22.9. The van der Waals surface area contributed by atoms with Gasteiger partial charge in [0.2, 0.25) is 0 Å². The van der Waals surface area contributed by atoms with E-state index in [0.717, 1.165) is 82.3 Å². The van der Waals surface area contributed by atoms with Crippen LogP contribution < -0.4 is 4.90 Å². The fraction of sp³-hybridized carbons (Fsp3) is 0. The van der Waals surface area contributed by atoms with Gasteiger partial charge >= 0.3 is 0 Å². The van der Waals surface area contributed by atoms with Gasteiger partial charge in [-0.2, -0.15) is 0 Å². The van der Waals surface area contributed by atoms with Crippen molar-refractivity contribution in [3.05, 3.63) is 236 Å². The van der Waals surface area contributed by atoms with Gasteiger partial charge in [-0.05, 0) is 114 Å². The molecule has 2 heteroatoms. The topological polar surface area (TPSA) is 16.4 Å². The molecule has 2 nitrogen and oxygen atoms in total. The van der Waals surface area contributed by atoms with Gasteiger partial charge in [0, 0.05) is 33.1 Å². The molecule has 0 aliphatic rings. The van der Waals surface area contributed by atoms with E-state index in [9.17, 15) is 5.48 Å². The van der Waals surface area contributed by atoms with Gasteiger partial charge in [0.05, 0.1) is 11.2 Å². The molecule has 1 heterocycles. The molecule has 0 atom stereocenters. The van der Waals surface area contributed by atoms with E-state index < -0.39 is 0 Å². The Morgan fingerprint density at radius 2 is 0.903 bits per heavy atom. The van der Waals surface area contributed by atoms with Gasteiger partial charge in [-0.3, -0.25) is 0 Å². The molecule has 0 aliphatic carbocycles. The molecule has 290 valence electrons. The molecule has 1 aromatic heterocycles. The maximum Gasteiger partial charge on any atom is 0.143 e. The van der Waals surface area contributed by atoms with Crippen molar-refractivity contribution in [2.75, 3.05) is 4.90 Å². The summed E-state index contributed by atoms with van der Waals surface area (Å²) in [5.41, 5.74) is 10.0. The number of nitrogens with zero attached hydrogens (tertiary/aromatic N) is 1. The van der Waals surface area contributed by atoms with Crippen LogP contribution in [0.3, 0.4) is 0 Å². The first-order valence-corrected chi connectivity index (χ1v) is 20.9. The van der Waals surface area contributed by atoms with Crippen molar-refractivity contribution < 1.29 is 9.90 Å². The minimum atomic E-state index is -0.140. The van der Waals surface area contributed by atoms with E-state index in [2.05, 4.69) is 97.1 Å². The minimum Gasteiger partial charge on any atom is -0.455 e. The van der Waals surface area contributed by atoms with Crippen LogP contribution in [0.2, 0.25) is 0 Å². The number of furan rings is 1. The Kier molecular flexibility index (Phi) is 7.57. The largest absolute Gasteiger partial charge is 0.455 e. The average molecular weight is 794 g/mol. The molecule has 0 saturated carbocycles. The van der Waals surface area contributed by atoms with Crippen LogP contribution in [0, 0.1) is 0 Å². The molecule has 11 aromatic carbocycles.